The van der Waals surface area contributed by atoms with Gasteiger partial charge in [-0.15, -0.1) is 0 Å². The maximum absolute atomic E-state index is 14.8. The van der Waals surface area contributed by atoms with Crippen LogP contribution >= 0.6 is 0 Å². The summed E-state index contributed by atoms with van der Waals surface area (Å²) in [6.45, 7) is 6.59. The van der Waals surface area contributed by atoms with Gasteiger partial charge in [-0.2, -0.15) is 22.0 Å². The second kappa shape index (κ2) is 12.0. The van der Waals surface area contributed by atoms with E-state index in [1.165, 1.54) is 6.07 Å². The minimum absolute atomic E-state index is 0.124. The van der Waals surface area contributed by atoms with Crippen LogP contribution in [0.25, 0.3) is 11.1 Å². The van der Waals surface area contributed by atoms with E-state index in [-0.39, 0.29) is 29.2 Å². The molecule has 0 saturated carbocycles. The quantitative estimate of drug-likeness (QED) is 0.281. The Kier molecular flexibility index (Phi) is 9.40. The summed E-state index contributed by atoms with van der Waals surface area (Å²) in [4.78, 5) is 0. The zero-order valence-corrected chi connectivity index (χ0v) is 21.1. The average Bonchev–Trinajstić information content (AvgIpc) is 2.83. The Balaban J connectivity index is 0.00000216. The molecule has 0 atom stereocenters. The Hall–Kier alpha value is -3.32. The third kappa shape index (κ3) is 6.69. The predicted molar refractivity (Wildman–Crippen MR) is 123 cm³/mol. The van der Waals surface area contributed by atoms with Crippen molar-refractivity contribution in [2.75, 3.05) is 13.2 Å². The highest BCUT2D eigenvalue weighted by atomic mass is 19.4. The van der Waals surface area contributed by atoms with Crippen LogP contribution in [-0.2, 0) is 21.8 Å². The van der Waals surface area contributed by atoms with Gasteiger partial charge in [0.1, 0.15) is 46.0 Å². The Morgan fingerprint density at radius 1 is 0.700 bits per heavy atom. The van der Waals surface area contributed by atoms with E-state index in [9.17, 15) is 43.9 Å². The van der Waals surface area contributed by atoms with Crippen molar-refractivity contribution in [3.63, 3.8) is 0 Å². The molecule has 0 radical (unpaired) electrons. The molecule has 3 aromatic carbocycles. The van der Waals surface area contributed by atoms with E-state index < -0.39 is 70.1 Å². The predicted octanol–water partition coefficient (Wildman–Crippen LogP) is 8.90. The molecule has 218 valence electrons. The minimum Gasteiger partial charge on any atom is -0.429 e. The lowest BCUT2D eigenvalue weighted by atomic mass is 10.00. The fraction of sp³-hybridized carbons (Fsp3) is 0.333. The second-order valence-electron chi connectivity index (χ2n) is 8.54. The number of alkyl halides is 5. The van der Waals surface area contributed by atoms with Gasteiger partial charge in [0, 0.05) is 29.2 Å². The van der Waals surface area contributed by atoms with Crippen molar-refractivity contribution in [2.24, 2.45) is 5.92 Å². The molecule has 0 spiro atoms. The van der Waals surface area contributed by atoms with Gasteiger partial charge in [-0.25, -0.2) is 22.0 Å². The van der Waals surface area contributed by atoms with Crippen molar-refractivity contribution >= 4 is 0 Å². The van der Waals surface area contributed by atoms with Crippen LogP contribution in [0, 0.1) is 35.0 Å². The summed E-state index contributed by atoms with van der Waals surface area (Å²) in [6, 6.07) is 3.81. The van der Waals surface area contributed by atoms with Crippen molar-refractivity contribution < 1.29 is 58.1 Å². The Labute approximate surface area is 222 Å². The van der Waals surface area contributed by atoms with E-state index in [2.05, 4.69) is 4.74 Å². The first-order valence-electron chi connectivity index (χ1n) is 11.8. The zero-order chi connectivity index (χ0) is 30.0. The fourth-order valence-electron chi connectivity index (χ4n) is 3.79. The molecule has 4 rings (SSSR count). The maximum Gasteiger partial charge on any atom is 0.432 e. The molecule has 0 amide bonds. The van der Waals surface area contributed by atoms with Crippen LogP contribution in [0.15, 0.2) is 42.5 Å². The summed E-state index contributed by atoms with van der Waals surface area (Å²) in [5.41, 5.74) is -4.95. The van der Waals surface area contributed by atoms with Gasteiger partial charge in [-0.05, 0) is 23.8 Å². The molecule has 0 N–H and O–H groups in total. The van der Waals surface area contributed by atoms with E-state index in [4.69, 9.17) is 9.47 Å². The molecule has 3 nitrogen and oxygen atoms in total. The number of halogens is 10. The van der Waals surface area contributed by atoms with Crippen LogP contribution in [0.1, 0.15) is 43.8 Å². The number of benzene rings is 3. The highest BCUT2D eigenvalue weighted by Crippen LogP contribution is 2.40. The molecule has 0 unspecified atom stereocenters. The molecule has 40 heavy (non-hydrogen) atoms. The van der Waals surface area contributed by atoms with Gasteiger partial charge in [-0.3, -0.25) is 0 Å². The first-order chi connectivity index (χ1) is 18.7. The van der Waals surface area contributed by atoms with Gasteiger partial charge in [-0.1, -0.05) is 32.9 Å². The summed E-state index contributed by atoms with van der Waals surface area (Å²) in [5, 5.41) is 0. The third-order valence-corrected chi connectivity index (χ3v) is 5.52. The van der Waals surface area contributed by atoms with Crippen LogP contribution in [0.5, 0.6) is 5.75 Å². The van der Waals surface area contributed by atoms with Gasteiger partial charge < -0.3 is 14.2 Å². The lowest BCUT2D eigenvalue weighted by Gasteiger charge is -2.27. The third-order valence-electron chi connectivity index (χ3n) is 5.52. The molecule has 3 aromatic rings. The monoisotopic (exact) mass is 584 g/mol. The van der Waals surface area contributed by atoms with Gasteiger partial charge in [0.15, 0.2) is 6.29 Å². The van der Waals surface area contributed by atoms with Crippen LogP contribution in [0.2, 0.25) is 0 Å². The highest BCUT2D eigenvalue weighted by molar-refractivity contribution is 5.65. The van der Waals surface area contributed by atoms with Crippen molar-refractivity contribution in [1.29, 1.82) is 0 Å². The van der Waals surface area contributed by atoms with Gasteiger partial charge >= 0.3 is 12.3 Å². The molecular weight excluding hydrogens is 562 g/mol. The molecule has 13 heteroatoms. The summed E-state index contributed by atoms with van der Waals surface area (Å²) in [5.74, 6) is -10.7. The topological polar surface area (TPSA) is 27.7 Å². The molecule has 1 aliphatic rings. The standard InChI is InChI=1S/C25H16F10O3.C2H6/c1-11-9-36-23(37-10-11)12-2-3-15(16(26)4-12)13-5-17(27)22(18(28)6-13)25(34,35)38-14-7-19(29)21(20(30)8-14)24(31,32)33;1-2/h2-8,11,23H,9-10H2,1H3;1-2H3. The van der Waals surface area contributed by atoms with E-state index in [1.54, 1.807) is 0 Å². The summed E-state index contributed by atoms with van der Waals surface area (Å²) >= 11 is 0. The van der Waals surface area contributed by atoms with E-state index in [0.717, 1.165) is 12.1 Å². The van der Waals surface area contributed by atoms with E-state index in [0.29, 0.717) is 25.3 Å². The first kappa shape index (κ1) is 31.2. The minimum atomic E-state index is -5.48. The summed E-state index contributed by atoms with van der Waals surface area (Å²) in [6.07, 6.45) is -11.3. The number of ether oxygens (including phenoxy) is 3. The lowest BCUT2D eigenvalue weighted by Crippen LogP contribution is -2.25. The molecule has 0 bridgehead atoms. The molecular formula is C27H22F10O3. The Bertz CT molecular complexity index is 1300. The van der Waals surface area contributed by atoms with Crippen LogP contribution in [0.4, 0.5) is 43.9 Å². The van der Waals surface area contributed by atoms with E-state index in [1.807, 2.05) is 20.8 Å². The normalized spacial score (nSPS) is 17.7. The lowest BCUT2D eigenvalue weighted by molar-refractivity contribution is -0.202. The number of hydrogen-bond acceptors (Lipinski definition) is 3. The fourth-order valence-corrected chi connectivity index (χ4v) is 3.79. The smallest absolute Gasteiger partial charge is 0.429 e. The molecule has 0 aliphatic carbocycles. The largest absolute Gasteiger partial charge is 0.432 e. The maximum atomic E-state index is 14.8. The molecule has 1 saturated heterocycles. The van der Waals surface area contributed by atoms with Gasteiger partial charge in [0.05, 0.1) is 13.2 Å². The summed E-state index contributed by atoms with van der Waals surface area (Å²) < 4.78 is 154. The number of hydrogen-bond donors (Lipinski definition) is 0. The van der Waals surface area contributed by atoms with Crippen LogP contribution in [-0.4, -0.2) is 13.2 Å². The molecule has 1 fully saturated rings. The number of rotatable bonds is 5. The SMILES string of the molecule is CC.CC1COC(c2ccc(-c3cc(F)c(C(F)(F)Oc4cc(F)c(C(F)(F)F)c(F)c4)c(F)c3)c(F)c2)OC1. The molecule has 1 aliphatic heterocycles. The van der Waals surface area contributed by atoms with Crippen molar-refractivity contribution in [3.05, 3.63) is 88.2 Å². The molecule has 0 aromatic heterocycles. The van der Waals surface area contributed by atoms with Gasteiger partial charge in [0.25, 0.3) is 0 Å². The van der Waals surface area contributed by atoms with Crippen LogP contribution in [0.3, 0.4) is 0 Å². The van der Waals surface area contributed by atoms with Gasteiger partial charge in [0.2, 0.25) is 0 Å². The highest BCUT2D eigenvalue weighted by Gasteiger charge is 2.43. The zero-order valence-electron chi connectivity index (χ0n) is 21.1. The second-order valence-corrected chi connectivity index (χ2v) is 8.54. The van der Waals surface area contributed by atoms with E-state index >= 15 is 0 Å². The van der Waals surface area contributed by atoms with Crippen LogP contribution < -0.4 is 4.74 Å². The Morgan fingerprint density at radius 2 is 1.20 bits per heavy atom. The van der Waals surface area contributed by atoms with Crippen molar-refractivity contribution in [3.8, 4) is 16.9 Å². The summed E-state index contributed by atoms with van der Waals surface area (Å²) in [7, 11) is 0. The van der Waals surface area contributed by atoms with Crippen molar-refractivity contribution in [1.82, 2.24) is 0 Å². The first-order valence-corrected chi connectivity index (χ1v) is 11.8. The molecule has 1 heterocycles. The Morgan fingerprint density at radius 3 is 1.68 bits per heavy atom. The van der Waals surface area contributed by atoms with Crippen molar-refractivity contribution in [2.45, 2.75) is 39.3 Å². The average molecular weight is 584 g/mol.